The van der Waals surface area contributed by atoms with Crippen molar-refractivity contribution in [1.82, 2.24) is 14.9 Å². The Balaban J connectivity index is 1.46. The first kappa shape index (κ1) is 16.1. The molecule has 4 rings (SSSR count). The third-order valence-corrected chi connectivity index (χ3v) is 5.73. The Kier molecular flexibility index (Phi) is 4.44. The number of nitrogens with one attached hydrogen (secondary N) is 1. The number of fused-ring (bicyclic) bond motifs is 1. The van der Waals surface area contributed by atoms with E-state index in [1.165, 1.54) is 4.88 Å². The van der Waals surface area contributed by atoms with Gasteiger partial charge in [-0.25, -0.2) is 4.98 Å². The number of piperidine rings is 1. The molecule has 0 aliphatic carbocycles. The van der Waals surface area contributed by atoms with E-state index >= 15 is 0 Å². The van der Waals surface area contributed by atoms with Crippen LogP contribution in [0.3, 0.4) is 0 Å². The van der Waals surface area contributed by atoms with E-state index in [1.807, 2.05) is 36.7 Å². The van der Waals surface area contributed by atoms with Gasteiger partial charge in [0.15, 0.2) is 0 Å². The molecular formula is C19H22N4OS. The number of hydrogen-bond acceptors (Lipinski definition) is 4. The summed E-state index contributed by atoms with van der Waals surface area (Å²) in [5.41, 5.74) is 2.13. The van der Waals surface area contributed by atoms with Crippen LogP contribution in [0, 0.1) is 5.92 Å². The number of carbonyl (C=O) groups excluding carboxylic acids is 1. The van der Waals surface area contributed by atoms with Gasteiger partial charge in [-0.1, -0.05) is 18.2 Å². The predicted octanol–water partition coefficient (Wildman–Crippen LogP) is 3.17. The summed E-state index contributed by atoms with van der Waals surface area (Å²) in [6, 6.07) is 12.2. The van der Waals surface area contributed by atoms with Crippen LogP contribution in [0.5, 0.6) is 0 Å². The smallest absolute Gasteiger partial charge is 0.225 e. The number of benzene rings is 1. The van der Waals surface area contributed by atoms with E-state index in [0.29, 0.717) is 6.54 Å². The first-order valence-electron chi connectivity index (χ1n) is 8.69. The molecule has 2 aromatic heterocycles. The van der Waals surface area contributed by atoms with E-state index in [4.69, 9.17) is 4.98 Å². The zero-order valence-electron chi connectivity index (χ0n) is 14.3. The Morgan fingerprint density at radius 3 is 3.00 bits per heavy atom. The zero-order valence-corrected chi connectivity index (χ0v) is 15.1. The molecule has 1 aliphatic rings. The van der Waals surface area contributed by atoms with Gasteiger partial charge in [-0.15, -0.1) is 11.3 Å². The van der Waals surface area contributed by atoms with Crippen molar-refractivity contribution in [2.75, 3.05) is 18.0 Å². The maximum Gasteiger partial charge on any atom is 0.225 e. The van der Waals surface area contributed by atoms with Crippen LogP contribution < -0.4 is 10.2 Å². The van der Waals surface area contributed by atoms with Crippen LogP contribution in [-0.2, 0) is 18.4 Å². The second-order valence-corrected chi connectivity index (χ2v) is 7.57. The van der Waals surface area contributed by atoms with Gasteiger partial charge in [0.1, 0.15) is 0 Å². The average Bonchev–Trinajstić information content (AvgIpc) is 3.28. The molecule has 1 atom stereocenters. The second-order valence-electron chi connectivity index (χ2n) is 6.54. The van der Waals surface area contributed by atoms with Crippen LogP contribution in [0.4, 0.5) is 5.95 Å². The third kappa shape index (κ3) is 3.26. The Hall–Kier alpha value is -2.34. The second kappa shape index (κ2) is 6.88. The molecule has 25 heavy (non-hydrogen) atoms. The minimum absolute atomic E-state index is 0.0218. The molecule has 1 saturated heterocycles. The van der Waals surface area contributed by atoms with Gasteiger partial charge < -0.3 is 14.8 Å². The lowest BCUT2D eigenvalue weighted by molar-refractivity contribution is -0.125. The molecule has 0 bridgehead atoms. The number of nitrogens with zero attached hydrogens (tertiary/aromatic N) is 3. The van der Waals surface area contributed by atoms with E-state index in [0.717, 1.165) is 42.9 Å². The third-order valence-electron chi connectivity index (χ3n) is 4.86. The van der Waals surface area contributed by atoms with Gasteiger partial charge in [0.25, 0.3) is 0 Å². The molecule has 0 spiro atoms. The Bertz CT molecular complexity index is 871. The molecule has 1 amide bonds. The maximum atomic E-state index is 12.6. The molecule has 1 fully saturated rings. The Morgan fingerprint density at radius 1 is 1.32 bits per heavy atom. The van der Waals surface area contributed by atoms with Crippen molar-refractivity contribution in [2.45, 2.75) is 19.4 Å². The summed E-state index contributed by atoms with van der Waals surface area (Å²) in [5.74, 6) is 1.13. The molecule has 1 aromatic carbocycles. The minimum Gasteiger partial charge on any atom is -0.351 e. The Morgan fingerprint density at radius 2 is 2.20 bits per heavy atom. The summed E-state index contributed by atoms with van der Waals surface area (Å²) in [4.78, 5) is 20.8. The monoisotopic (exact) mass is 354 g/mol. The fourth-order valence-corrected chi connectivity index (χ4v) is 4.16. The molecule has 3 aromatic rings. The summed E-state index contributed by atoms with van der Waals surface area (Å²) < 4.78 is 2.13. The quantitative estimate of drug-likeness (QED) is 0.783. The van der Waals surface area contributed by atoms with Gasteiger partial charge in [-0.05, 0) is 36.4 Å². The summed E-state index contributed by atoms with van der Waals surface area (Å²) >= 11 is 1.67. The van der Waals surface area contributed by atoms with Crippen molar-refractivity contribution in [3.05, 3.63) is 46.7 Å². The summed E-state index contributed by atoms with van der Waals surface area (Å²) in [6.07, 6.45) is 1.96. The van der Waals surface area contributed by atoms with Crippen molar-refractivity contribution >= 4 is 34.2 Å². The lowest BCUT2D eigenvalue weighted by Gasteiger charge is -2.32. The highest BCUT2D eigenvalue weighted by atomic mass is 32.1. The highest BCUT2D eigenvalue weighted by Crippen LogP contribution is 2.26. The Labute approximate surface area is 151 Å². The van der Waals surface area contributed by atoms with Gasteiger partial charge in [0.2, 0.25) is 11.9 Å². The van der Waals surface area contributed by atoms with Crippen LogP contribution in [0.1, 0.15) is 17.7 Å². The number of carbonyl (C=O) groups is 1. The van der Waals surface area contributed by atoms with Crippen LogP contribution >= 0.6 is 11.3 Å². The van der Waals surface area contributed by atoms with Gasteiger partial charge >= 0.3 is 0 Å². The maximum absolute atomic E-state index is 12.6. The largest absolute Gasteiger partial charge is 0.351 e. The molecule has 130 valence electrons. The van der Waals surface area contributed by atoms with Crippen molar-refractivity contribution in [2.24, 2.45) is 13.0 Å². The summed E-state index contributed by atoms with van der Waals surface area (Å²) in [5, 5.41) is 5.12. The van der Waals surface area contributed by atoms with E-state index in [-0.39, 0.29) is 11.8 Å². The lowest BCUT2D eigenvalue weighted by Crippen LogP contribution is -2.43. The normalized spacial score (nSPS) is 17.8. The summed E-state index contributed by atoms with van der Waals surface area (Å²) in [7, 11) is 2.05. The van der Waals surface area contributed by atoms with Crippen molar-refractivity contribution < 1.29 is 4.79 Å². The molecule has 0 radical (unpaired) electrons. The van der Waals surface area contributed by atoms with E-state index in [9.17, 15) is 4.79 Å². The number of aromatic nitrogens is 2. The van der Waals surface area contributed by atoms with Crippen LogP contribution in [0.15, 0.2) is 41.8 Å². The fraction of sp³-hybridized carbons (Fsp3) is 0.368. The van der Waals surface area contributed by atoms with Crippen molar-refractivity contribution in [1.29, 1.82) is 0 Å². The predicted molar refractivity (Wildman–Crippen MR) is 102 cm³/mol. The number of anilines is 1. The average molecular weight is 354 g/mol. The standard InChI is InChI=1S/C19H22N4OS/c1-22-17-9-3-2-8-16(17)21-19(22)23-10-4-6-14(13-23)18(24)20-12-15-7-5-11-25-15/h2-3,5,7-9,11,14H,4,6,10,12-13H2,1H3,(H,20,24)/t14-/m1/s1. The van der Waals surface area contributed by atoms with E-state index < -0.39 is 0 Å². The molecule has 5 nitrogen and oxygen atoms in total. The van der Waals surface area contributed by atoms with E-state index in [2.05, 4.69) is 26.9 Å². The van der Waals surface area contributed by atoms with Gasteiger partial charge in [0.05, 0.1) is 23.5 Å². The number of para-hydroxylation sites is 2. The number of aryl methyl sites for hydroxylation is 1. The van der Waals surface area contributed by atoms with Crippen LogP contribution in [-0.4, -0.2) is 28.5 Å². The summed E-state index contributed by atoms with van der Waals surface area (Å²) in [6.45, 7) is 2.30. The van der Waals surface area contributed by atoms with Crippen molar-refractivity contribution in [3.63, 3.8) is 0 Å². The SMILES string of the molecule is Cn1c(N2CCC[C@@H](C(=O)NCc3cccs3)C2)nc2ccccc21. The molecule has 0 unspecified atom stereocenters. The lowest BCUT2D eigenvalue weighted by atomic mass is 9.97. The topological polar surface area (TPSA) is 50.2 Å². The van der Waals surface area contributed by atoms with E-state index in [1.54, 1.807) is 11.3 Å². The molecule has 1 N–H and O–H groups in total. The van der Waals surface area contributed by atoms with Gasteiger partial charge in [-0.2, -0.15) is 0 Å². The fourth-order valence-electron chi connectivity index (χ4n) is 3.52. The molecule has 3 heterocycles. The zero-order chi connectivity index (χ0) is 17.2. The first-order chi connectivity index (χ1) is 12.2. The van der Waals surface area contributed by atoms with Crippen LogP contribution in [0.2, 0.25) is 0 Å². The number of imidazole rings is 1. The van der Waals surface area contributed by atoms with Crippen LogP contribution in [0.25, 0.3) is 11.0 Å². The molecule has 1 aliphatic heterocycles. The molecule has 0 saturated carbocycles. The van der Waals surface area contributed by atoms with Gasteiger partial charge in [-0.3, -0.25) is 4.79 Å². The molecular weight excluding hydrogens is 332 g/mol. The van der Waals surface area contributed by atoms with Crippen molar-refractivity contribution in [3.8, 4) is 0 Å². The number of rotatable bonds is 4. The minimum atomic E-state index is 0.0218. The highest BCUT2D eigenvalue weighted by molar-refractivity contribution is 7.09. The van der Waals surface area contributed by atoms with Gasteiger partial charge in [0, 0.05) is 25.0 Å². The number of hydrogen-bond donors (Lipinski definition) is 1. The molecule has 6 heteroatoms. The first-order valence-corrected chi connectivity index (χ1v) is 9.57. The number of amides is 1. The highest BCUT2D eigenvalue weighted by Gasteiger charge is 2.28. The number of thiophene rings is 1.